The van der Waals surface area contributed by atoms with E-state index in [9.17, 15) is 9.59 Å². The molecular weight excluding hydrogens is 212 g/mol. The minimum atomic E-state index is -0.666. The van der Waals surface area contributed by atoms with Crippen LogP contribution in [0.25, 0.3) is 0 Å². The van der Waals surface area contributed by atoms with Crippen molar-refractivity contribution in [2.45, 2.75) is 34.0 Å². The van der Waals surface area contributed by atoms with Crippen molar-refractivity contribution in [2.24, 2.45) is 5.41 Å². The molecule has 1 rings (SSSR count). The van der Waals surface area contributed by atoms with Crippen molar-refractivity contribution in [1.29, 1.82) is 0 Å². The van der Waals surface area contributed by atoms with Gasteiger partial charge in [-0.1, -0.05) is 20.8 Å². The first kappa shape index (κ1) is 12.5. The van der Waals surface area contributed by atoms with Crippen molar-refractivity contribution in [3.8, 4) is 0 Å². The summed E-state index contributed by atoms with van der Waals surface area (Å²) >= 11 is 0. The van der Waals surface area contributed by atoms with Crippen LogP contribution in [0, 0.1) is 5.41 Å². The van der Waals surface area contributed by atoms with Gasteiger partial charge in [-0.3, -0.25) is 0 Å². The van der Waals surface area contributed by atoms with E-state index in [0.29, 0.717) is 0 Å². The highest BCUT2D eigenvalue weighted by Gasteiger charge is 2.39. The lowest BCUT2D eigenvalue weighted by Gasteiger charge is -2.23. The monoisotopic (exact) mass is 228 g/mol. The molecule has 0 aliphatic carbocycles. The Balaban J connectivity index is 2.72. The number of carbonyl (C=O) groups is 2. The highest BCUT2D eigenvalue weighted by Crippen LogP contribution is 2.30. The van der Waals surface area contributed by atoms with E-state index in [4.69, 9.17) is 9.47 Å². The average molecular weight is 228 g/mol. The first-order chi connectivity index (χ1) is 7.34. The van der Waals surface area contributed by atoms with E-state index in [2.05, 4.69) is 4.74 Å². The largest absolute Gasteiger partial charge is 0.463 e. The third-order valence-corrected chi connectivity index (χ3v) is 1.89. The second kappa shape index (κ2) is 4.55. The van der Waals surface area contributed by atoms with Gasteiger partial charge in [-0.2, -0.15) is 0 Å². The second-order valence-electron chi connectivity index (χ2n) is 4.48. The third-order valence-electron chi connectivity index (χ3n) is 1.89. The molecule has 1 saturated heterocycles. The standard InChI is InChI=1S/C11H16O5/c1-5-14-8(12)6-7-9(13)16-10(15-7)11(2,3)4/h6,10H,5H2,1-4H3/b7-6-/t10-/m0/s1. The lowest BCUT2D eigenvalue weighted by molar-refractivity contribution is -0.154. The number of hydrogen-bond acceptors (Lipinski definition) is 5. The van der Waals surface area contributed by atoms with Gasteiger partial charge in [0.1, 0.15) is 0 Å². The minimum Gasteiger partial charge on any atom is -0.463 e. The topological polar surface area (TPSA) is 61.8 Å². The van der Waals surface area contributed by atoms with Gasteiger partial charge in [-0.25, -0.2) is 9.59 Å². The van der Waals surface area contributed by atoms with Gasteiger partial charge in [0.05, 0.1) is 12.7 Å². The first-order valence-electron chi connectivity index (χ1n) is 5.10. The Bertz CT molecular complexity index is 324. The molecule has 0 amide bonds. The van der Waals surface area contributed by atoms with Crippen molar-refractivity contribution in [2.75, 3.05) is 6.61 Å². The summed E-state index contributed by atoms with van der Waals surface area (Å²) in [5.74, 6) is -1.34. The van der Waals surface area contributed by atoms with Crippen LogP contribution in [-0.2, 0) is 23.8 Å². The molecular formula is C11H16O5. The van der Waals surface area contributed by atoms with Crippen molar-refractivity contribution in [1.82, 2.24) is 0 Å². The van der Waals surface area contributed by atoms with E-state index in [1.54, 1.807) is 6.92 Å². The maximum Gasteiger partial charge on any atom is 0.377 e. The van der Waals surface area contributed by atoms with Gasteiger partial charge in [-0.05, 0) is 6.92 Å². The minimum absolute atomic E-state index is 0.0987. The van der Waals surface area contributed by atoms with Crippen LogP contribution in [-0.4, -0.2) is 24.8 Å². The van der Waals surface area contributed by atoms with Crippen molar-refractivity contribution in [3.05, 3.63) is 11.8 Å². The summed E-state index contributed by atoms with van der Waals surface area (Å²) in [4.78, 5) is 22.5. The van der Waals surface area contributed by atoms with E-state index in [1.165, 1.54) is 0 Å². The van der Waals surface area contributed by atoms with E-state index >= 15 is 0 Å². The summed E-state index contributed by atoms with van der Waals surface area (Å²) in [7, 11) is 0. The lowest BCUT2D eigenvalue weighted by atomic mass is 9.96. The molecule has 1 fully saturated rings. The summed E-state index contributed by atoms with van der Waals surface area (Å²) < 4.78 is 14.9. The summed E-state index contributed by atoms with van der Waals surface area (Å²) in [6.07, 6.45) is 0.345. The number of hydrogen-bond donors (Lipinski definition) is 0. The van der Waals surface area contributed by atoms with Crippen LogP contribution in [0.1, 0.15) is 27.7 Å². The predicted molar refractivity (Wildman–Crippen MR) is 55.1 cm³/mol. The number of esters is 2. The number of ether oxygens (including phenoxy) is 3. The third kappa shape index (κ3) is 2.98. The fourth-order valence-corrected chi connectivity index (χ4v) is 1.08. The van der Waals surface area contributed by atoms with Crippen molar-refractivity contribution < 1.29 is 23.8 Å². The van der Waals surface area contributed by atoms with Crippen molar-refractivity contribution in [3.63, 3.8) is 0 Å². The summed E-state index contributed by atoms with van der Waals surface area (Å²) in [6.45, 7) is 7.55. The van der Waals surface area contributed by atoms with E-state index in [-0.39, 0.29) is 17.8 Å². The maximum atomic E-state index is 11.3. The van der Waals surface area contributed by atoms with Gasteiger partial charge >= 0.3 is 11.9 Å². The Hall–Kier alpha value is -1.52. The van der Waals surface area contributed by atoms with Gasteiger partial charge in [-0.15, -0.1) is 0 Å². The summed E-state index contributed by atoms with van der Waals surface area (Å²) in [6, 6.07) is 0. The van der Waals surface area contributed by atoms with Crippen LogP contribution in [0.5, 0.6) is 0 Å². The predicted octanol–water partition coefficient (Wildman–Crippen LogP) is 1.38. The van der Waals surface area contributed by atoms with Crippen molar-refractivity contribution >= 4 is 11.9 Å². The zero-order chi connectivity index (χ0) is 12.3. The Morgan fingerprint density at radius 3 is 2.50 bits per heavy atom. The van der Waals surface area contributed by atoms with Crippen LogP contribution in [0.3, 0.4) is 0 Å². The Morgan fingerprint density at radius 1 is 1.44 bits per heavy atom. The highest BCUT2D eigenvalue weighted by atomic mass is 16.7. The fraction of sp³-hybridized carbons (Fsp3) is 0.636. The molecule has 0 radical (unpaired) electrons. The van der Waals surface area contributed by atoms with Crippen LogP contribution in [0.2, 0.25) is 0 Å². The van der Waals surface area contributed by atoms with E-state index < -0.39 is 18.2 Å². The molecule has 16 heavy (non-hydrogen) atoms. The molecule has 1 aliphatic rings. The molecule has 1 aliphatic heterocycles. The number of carbonyl (C=O) groups excluding carboxylic acids is 2. The Morgan fingerprint density at radius 2 is 2.06 bits per heavy atom. The number of rotatable bonds is 2. The van der Waals surface area contributed by atoms with Crippen LogP contribution in [0.4, 0.5) is 0 Å². The zero-order valence-corrected chi connectivity index (χ0v) is 9.90. The summed E-state index contributed by atoms with van der Waals surface area (Å²) in [5, 5.41) is 0. The van der Waals surface area contributed by atoms with E-state index in [1.807, 2.05) is 20.8 Å². The van der Waals surface area contributed by atoms with Crippen LogP contribution < -0.4 is 0 Å². The van der Waals surface area contributed by atoms with Crippen LogP contribution in [0.15, 0.2) is 11.8 Å². The number of cyclic esters (lactones) is 1. The second-order valence-corrected chi connectivity index (χ2v) is 4.48. The molecule has 0 aromatic heterocycles. The quantitative estimate of drug-likeness (QED) is 0.527. The Labute approximate surface area is 94.4 Å². The SMILES string of the molecule is CCOC(=O)/C=C1\O[C@H](C(C)(C)C)OC1=O. The highest BCUT2D eigenvalue weighted by molar-refractivity contribution is 5.95. The molecule has 1 heterocycles. The van der Waals surface area contributed by atoms with Gasteiger partial charge in [0, 0.05) is 5.41 Å². The average Bonchev–Trinajstić information content (AvgIpc) is 2.47. The Kier molecular flexibility index (Phi) is 3.57. The molecule has 0 N–H and O–H groups in total. The van der Waals surface area contributed by atoms with E-state index in [0.717, 1.165) is 6.08 Å². The molecule has 0 saturated carbocycles. The smallest absolute Gasteiger partial charge is 0.377 e. The van der Waals surface area contributed by atoms with Gasteiger partial charge in [0.15, 0.2) is 0 Å². The summed E-state index contributed by atoms with van der Waals surface area (Å²) in [5.41, 5.74) is -0.333. The molecule has 0 unspecified atom stereocenters. The molecule has 0 aromatic rings. The molecule has 5 nitrogen and oxygen atoms in total. The first-order valence-corrected chi connectivity index (χ1v) is 5.10. The maximum absolute atomic E-state index is 11.3. The zero-order valence-electron chi connectivity index (χ0n) is 9.90. The molecule has 0 aromatic carbocycles. The molecule has 0 spiro atoms. The molecule has 5 heteroatoms. The molecule has 1 atom stereocenters. The van der Waals surface area contributed by atoms with Gasteiger partial charge in [0.2, 0.25) is 12.0 Å². The fourth-order valence-electron chi connectivity index (χ4n) is 1.08. The van der Waals surface area contributed by atoms with Gasteiger partial charge < -0.3 is 14.2 Å². The lowest BCUT2D eigenvalue weighted by Crippen LogP contribution is -2.26. The van der Waals surface area contributed by atoms with Gasteiger partial charge in [0.25, 0.3) is 0 Å². The molecule has 90 valence electrons. The normalized spacial score (nSPS) is 22.9. The molecule has 0 bridgehead atoms. The van der Waals surface area contributed by atoms with Crippen LogP contribution >= 0.6 is 0 Å².